The van der Waals surface area contributed by atoms with E-state index in [0.717, 1.165) is 37.5 Å². The van der Waals surface area contributed by atoms with Crippen molar-refractivity contribution < 1.29 is 17.9 Å². The van der Waals surface area contributed by atoms with Crippen molar-refractivity contribution in [3.63, 3.8) is 0 Å². The Balaban J connectivity index is 1.30. The number of ether oxygens (including phenoxy) is 1. The molecule has 1 saturated heterocycles. The SMILES string of the molecule is COc1cc(-c2[nH]nc(-c3ccc(C4CCN(C5CCC5)CC4)cn3)c2C(F)(F)F)cn2ncnc12. The summed E-state index contributed by atoms with van der Waals surface area (Å²) in [6, 6.07) is 5.77. The van der Waals surface area contributed by atoms with Gasteiger partial charge < -0.3 is 9.64 Å². The van der Waals surface area contributed by atoms with Gasteiger partial charge in [-0.15, -0.1) is 0 Å². The first-order chi connectivity index (χ1) is 17.4. The van der Waals surface area contributed by atoms with Crippen LogP contribution in [-0.2, 0) is 6.18 Å². The first kappa shape index (κ1) is 23.0. The molecular weight excluding hydrogens is 471 g/mol. The maximum atomic E-state index is 14.3. The number of hydrogen-bond donors (Lipinski definition) is 1. The van der Waals surface area contributed by atoms with Gasteiger partial charge in [-0.25, -0.2) is 9.50 Å². The zero-order valence-electron chi connectivity index (χ0n) is 19.8. The van der Waals surface area contributed by atoms with Gasteiger partial charge in [-0.2, -0.15) is 23.4 Å². The van der Waals surface area contributed by atoms with Crippen LogP contribution in [0, 0.1) is 0 Å². The fourth-order valence-electron chi connectivity index (χ4n) is 5.33. The number of fused-ring (bicyclic) bond motifs is 1. The van der Waals surface area contributed by atoms with Gasteiger partial charge >= 0.3 is 6.18 Å². The van der Waals surface area contributed by atoms with Crippen molar-refractivity contribution >= 4 is 5.65 Å². The molecule has 2 aliphatic rings. The summed E-state index contributed by atoms with van der Waals surface area (Å²) < 4.78 is 49.6. The van der Waals surface area contributed by atoms with Crippen LogP contribution < -0.4 is 4.74 Å². The van der Waals surface area contributed by atoms with Crippen LogP contribution in [0.3, 0.4) is 0 Å². The fraction of sp³-hybridized carbons (Fsp3) is 0.440. The van der Waals surface area contributed by atoms with E-state index in [0.29, 0.717) is 17.3 Å². The van der Waals surface area contributed by atoms with Crippen LogP contribution >= 0.6 is 0 Å². The summed E-state index contributed by atoms with van der Waals surface area (Å²) in [5.74, 6) is 0.682. The van der Waals surface area contributed by atoms with Crippen LogP contribution in [0.1, 0.15) is 49.1 Å². The van der Waals surface area contributed by atoms with Gasteiger partial charge in [0.1, 0.15) is 17.6 Å². The van der Waals surface area contributed by atoms with Gasteiger partial charge in [0.25, 0.3) is 0 Å². The third-order valence-electron chi connectivity index (χ3n) is 7.52. The summed E-state index contributed by atoms with van der Waals surface area (Å²) in [5, 5.41) is 10.7. The predicted molar refractivity (Wildman–Crippen MR) is 127 cm³/mol. The Morgan fingerprint density at radius 2 is 1.89 bits per heavy atom. The molecule has 0 unspecified atom stereocenters. The number of rotatable bonds is 5. The molecule has 0 bridgehead atoms. The summed E-state index contributed by atoms with van der Waals surface area (Å²) in [4.78, 5) is 11.1. The van der Waals surface area contributed by atoms with Gasteiger partial charge in [0.15, 0.2) is 11.4 Å². The van der Waals surface area contributed by atoms with Crippen molar-refractivity contribution in [2.45, 2.75) is 50.2 Å². The number of alkyl halides is 3. The molecular formula is C25H26F3N7O. The number of nitrogens with zero attached hydrogens (tertiary/aromatic N) is 6. The molecule has 0 atom stereocenters. The Morgan fingerprint density at radius 1 is 1.08 bits per heavy atom. The van der Waals surface area contributed by atoms with E-state index in [1.54, 1.807) is 12.3 Å². The normalized spacial score (nSPS) is 18.0. The van der Waals surface area contributed by atoms with Gasteiger partial charge in [-0.05, 0) is 62.4 Å². The lowest BCUT2D eigenvalue weighted by Gasteiger charge is -2.41. The second kappa shape index (κ2) is 8.88. The van der Waals surface area contributed by atoms with Crippen LogP contribution in [0.25, 0.3) is 28.3 Å². The number of aromatic nitrogens is 6. The molecule has 188 valence electrons. The minimum Gasteiger partial charge on any atom is -0.493 e. The van der Waals surface area contributed by atoms with Gasteiger partial charge in [-0.3, -0.25) is 10.1 Å². The Kier molecular flexibility index (Phi) is 5.66. The van der Waals surface area contributed by atoms with Crippen molar-refractivity contribution in [1.29, 1.82) is 0 Å². The van der Waals surface area contributed by atoms with Crippen molar-refractivity contribution in [2.75, 3.05) is 20.2 Å². The first-order valence-electron chi connectivity index (χ1n) is 12.2. The highest BCUT2D eigenvalue weighted by Crippen LogP contribution is 2.42. The van der Waals surface area contributed by atoms with Crippen LogP contribution in [0.15, 0.2) is 36.9 Å². The van der Waals surface area contributed by atoms with E-state index in [9.17, 15) is 13.2 Å². The standard InChI is InChI=1S/C25H26F3N7O/c1-36-20-11-17(13-35-24(20)30-14-31-35)22-21(25(26,27)28)23(33-32-22)19-6-5-16(12-29-19)15-7-9-34(10-8-15)18-3-2-4-18/h5-6,11-15,18H,2-4,7-10H2,1H3,(H,32,33). The highest BCUT2D eigenvalue weighted by Gasteiger charge is 2.40. The van der Waals surface area contributed by atoms with Crippen molar-refractivity contribution in [3.05, 3.63) is 48.0 Å². The minimum atomic E-state index is -4.66. The maximum absolute atomic E-state index is 14.3. The lowest BCUT2D eigenvalue weighted by Crippen LogP contribution is -2.44. The van der Waals surface area contributed by atoms with E-state index < -0.39 is 11.7 Å². The van der Waals surface area contributed by atoms with Gasteiger partial charge in [-0.1, -0.05) is 12.5 Å². The molecule has 4 aromatic heterocycles. The molecule has 8 nitrogen and oxygen atoms in total. The van der Waals surface area contributed by atoms with E-state index in [4.69, 9.17) is 4.74 Å². The summed E-state index contributed by atoms with van der Waals surface area (Å²) in [7, 11) is 1.43. The van der Waals surface area contributed by atoms with E-state index in [-0.39, 0.29) is 22.6 Å². The maximum Gasteiger partial charge on any atom is 0.420 e. The molecule has 6 rings (SSSR count). The quantitative estimate of drug-likeness (QED) is 0.421. The molecule has 4 aromatic rings. The van der Waals surface area contributed by atoms with Gasteiger partial charge in [0, 0.05) is 24.0 Å². The number of hydrogen-bond acceptors (Lipinski definition) is 6. The zero-order chi connectivity index (χ0) is 24.9. The Labute approximate surface area is 205 Å². The number of H-pyrrole nitrogens is 1. The minimum absolute atomic E-state index is 0.175. The van der Waals surface area contributed by atoms with Crippen molar-refractivity contribution in [2.24, 2.45) is 0 Å². The van der Waals surface area contributed by atoms with Crippen molar-refractivity contribution in [3.8, 4) is 28.4 Å². The molecule has 5 heterocycles. The number of pyridine rings is 2. The number of halogens is 3. The van der Waals surface area contributed by atoms with Crippen LogP contribution in [0.2, 0.25) is 0 Å². The largest absolute Gasteiger partial charge is 0.493 e. The fourth-order valence-corrected chi connectivity index (χ4v) is 5.33. The molecule has 2 fully saturated rings. The van der Waals surface area contributed by atoms with Gasteiger partial charge in [0.05, 0.1) is 18.5 Å². The molecule has 0 amide bonds. The van der Waals surface area contributed by atoms with E-state index in [1.807, 2.05) is 6.07 Å². The molecule has 1 N–H and O–H groups in total. The molecule has 0 radical (unpaired) electrons. The number of piperidine rings is 1. The third kappa shape index (κ3) is 4.01. The molecule has 0 aromatic carbocycles. The van der Waals surface area contributed by atoms with E-state index >= 15 is 0 Å². The molecule has 1 aliphatic heterocycles. The monoisotopic (exact) mass is 497 g/mol. The Bertz CT molecular complexity index is 1370. The van der Waals surface area contributed by atoms with Crippen molar-refractivity contribution in [1.82, 2.24) is 34.7 Å². The molecule has 36 heavy (non-hydrogen) atoms. The second-order valence-corrected chi connectivity index (χ2v) is 9.52. The lowest BCUT2D eigenvalue weighted by atomic mass is 9.85. The second-order valence-electron chi connectivity index (χ2n) is 9.52. The van der Waals surface area contributed by atoms with Crippen LogP contribution in [0.4, 0.5) is 13.2 Å². The van der Waals surface area contributed by atoms with Gasteiger partial charge in [0.2, 0.25) is 0 Å². The van der Waals surface area contributed by atoms with Crippen LogP contribution in [0.5, 0.6) is 5.75 Å². The smallest absolute Gasteiger partial charge is 0.420 e. The number of methoxy groups -OCH3 is 1. The molecule has 1 saturated carbocycles. The molecule has 0 spiro atoms. The number of likely N-dealkylation sites (tertiary alicyclic amines) is 1. The highest BCUT2D eigenvalue weighted by molar-refractivity contribution is 5.75. The number of nitrogens with one attached hydrogen (secondary N) is 1. The lowest BCUT2D eigenvalue weighted by molar-refractivity contribution is -0.136. The third-order valence-corrected chi connectivity index (χ3v) is 7.52. The average molecular weight is 498 g/mol. The Hall–Kier alpha value is -3.47. The summed E-state index contributed by atoms with van der Waals surface area (Å²) in [6.07, 6.45) is 5.84. The zero-order valence-corrected chi connectivity index (χ0v) is 19.8. The summed E-state index contributed by atoms with van der Waals surface area (Å²) in [5.41, 5.74) is 0.588. The average Bonchev–Trinajstić information content (AvgIpc) is 3.50. The first-order valence-corrected chi connectivity index (χ1v) is 12.2. The Morgan fingerprint density at radius 3 is 2.53 bits per heavy atom. The molecule has 1 aliphatic carbocycles. The van der Waals surface area contributed by atoms with Crippen LogP contribution in [-0.4, -0.2) is 60.9 Å². The van der Waals surface area contributed by atoms with E-state index in [1.165, 1.54) is 49.5 Å². The topological polar surface area (TPSA) is 84.2 Å². The van der Waals surface area contributed by atoms with E-state index in [2.05, 4.69) is 30.2 Å². The highest BCUT2D eigenvalue weighted by atomic mass is 19.4. The summed E-state index contributed by atoms with van der Waals surface area (Å²) in [6.45, 7) is 2.13. The predicted octanol–water partition coefficient (Wildman–Crippen LogP) is 4.94. The molecule has 11 heteroatoms. The summed E-state index contributed by atoms with van der Waals surface area (Å²) >= 11 is 0. The number of aromatic amines is 1.